The van der Waals surface area contributed by atoms with Crippen molar-refractivity contribution in [2.75, 3.05) is 0 Å². The maximum Gasteiger partial charge on any atom is 0.251 e. The first-order chi connectivity index (χ1) is 6.38. The molecule has 1 aromatic heterocycles. The highest BCUT2D eigenvalue weighted by Crippen LogP contribution is 2.18. The van der Waals surface area contributed by atoms with Crippen LogP contribution in [0.2, 0.25) is 0 Å². The molecule has 0 atom stereocenters. The van der Waals surface area contributed by atoms with Crippen molar-refractivity contribution in [3.63, 3.8) is 0 Å². The first kappa shape index (κ1) is 11.5. The van der Waals surface area contributed by atoms with Crippen LogP contribution < -0.4 is 5.56 Å². The van der Waals surface area contributed by atoms with E-state index in [4.69, 9.17) is 0 Å². The molecule has 2 nitrogen and oxygen atoms in total. The van der Waals surface area contributed by atoms with Gasteiger partial charge in [0.2, 0.25) is 0 Å². The summed E-state index contributed by atoms with van der Waals surface area (Å²) >= 11 is 3.27. The molecule has 0 aliphatic carbocycles. The van der Waals surface area contributed by atoms with Crippen molar-refractivity contribution in [1.82, 2.24) is 4.57 Å². The van der Waals surface area contributed by atoms with Gasteiger partial charge >= 0.3 is 0 Å². The average molecular weight is 258 g/mol. The Morgan fingerprint density at radius 3 is 2.57 bits per heavy atom. The molecule has 0 aliphatic rings. The van der Waals surface area contributed by atoms with E-state index in [1.54, 1.807) is 10.6 Å². The Bertz CT molecular complexity index is 362. The second-order valence-corrected chi connectivity index (χ2v) is 5.60. The van der Waals surface area contributed by atoms with Gasteiger partial charge in [-0.1, -0.05) is 36.7 Å². The molecule has 3 heteroatoms. The summed E-state index contributed by atoms with van der Waals surface area (Å²) in [5.41, 5.74) is 0.329. The van der Waals surface area contributed by atoms with Gasteiger partial charge in [-0.15, -0.1) is 0 Å². The molecule has 0 spiro atoms. The molecule has 0 fully saturated rings. The molecule has 0 aromatic carbocycles. The van der Waals surface area contributed by atoms with E-state index in [2.05, 4.69) is 36.7 Å². The predicted molar refractivity (Wildman–Crippen MR) is 62.5 cm³/mol. The van der Waals surface area contributed by atoms with E-state index in [-0.39, 0.29) is 11.0 Å². The Kier molecular flexibility index (Phi) is 3.53. The highest BCUT2D eigenvalue weighted by molar-refractivity contribution is 9.10. The SMILES string of the molecule is CC(C)(C)CCn1ccc(Br)cc1=O. The molecule has 0 saturated heterocycles. The summed E-state index contributed by atoms with van der Waals surface area (Å²) in [5, 5.41) is 0. The summed E-state index contributed by atoms with van der Waals surface area (Å²) in [6, 6.07) is 3.49. The van der Waals surface area contributed by atoms with Gasteiger partial charge in [0, 0.05) is 23.3 Å². The van der Waals surface area contributed by atoms with Crippen LogP contribution in [0, 0.1) is 5.41 Å². The molecule has 0 N–H and O–H groups in total. The molecule has 0 aliphatic heterocycles. The van der Waals surface area contributed by atoms with Crippen LogP contribution in [0.1, 0.15) is 27.2 Å². The maximum absolute atomic E-state index is 11.5. The monoisotopic (exact) mass is 257 g/mol. The van der Waals surface area contributed by atoms with Crippen LogP contribution in [-0.4, -0.2) is 4.57 Å². The van der Waals surface area contributed by atoms with Crippen LogP contribution in [0.25, 0.3) is 0 Å². The van der Waals surface area contributed by atoms with Crippen LogP contribution >= 0.6 is 15.9 Å². The van der Waals surface area contributed by atoms with Gasteiger partial charge in [-0.3, -0.25) is 4.79 Å². The van der Waals surface area contributed by atoms with Gasteiger partial charge < -0.3 is 4.57 Å². The van der Waals surface area contributed by atoms with Crippen molar-refractivity contribution in [1.29, 1.82) is 0 Å². The molecule has 0 saturated carbocycles. The molecule has 0 amide bonds. The van der Waals surface area contributed by atoms with E-state index in [9.17, 15) is 4.79 Å². The highest BCUT2D eigenvalue weighted by Gasteiger charge is 2.10. The highest BCUT2D eigenvalue weighted by atomic mass is 79.9. The quantitative estimate of drug-likeness (QED) is 0.799. The predicted octanol–water partition coefficient (Wildman–Crippen LogP) is 3.05. The summed E-state index contributed by atoms with van der Waals surface area (Å²) in [4.78, 5) is 11.5. The number of halogens is 1. The molecule has 0 unspecified atom stereocenters. The van der Waals surface area contributed by atoms with Gasteiger partial charge in [-0.05, 0) is 17.9 Å². The smallest absolute Gasteiger partial charge is 0.251 e. The summed E-state index contributed by atoms with van der Waals surface area (Å²) in [6.45, 7) is 7.32. The Morgan fingerprint density at radius 1 is 1.43 bits per heavy atom. The van der Waals surface area contributed by atoms with Crippen LogP contribution in [0.3, 0.4) is 0 Å². The van der Waals surface area contributed by atoms with Crippen molar-refractivity contribution in [3.8, 4) is 0 Å². The topological polar surface area (TPSA) is 22.0 Å². The maximum atomic E-state index is 11.5. The van der Waals surface area contributed by atoms with Crippen molar-refractivity contribution >= 4 is 15.9 Å². The standard InChI is InChI=1S/C11H16BrNO/c1-11(2,3)5-7-13-6-4-9(12)8-10(13)14/h4,6,8H,5,7H2,1-3H3. The van der Waals surface area contributed by atoms with E-state index in [1.165, 1.54) is 0 Å². The van der Waals surface area contributed by atoms with Gasteiger partial charge in [-0.25, -0.2) is 0 Å². The minimum absolute atomic E-state index is 0.0589. The fraction of sp³-hybridized carbons (Fsp3) is 0.545. The zero-order chi connectivity index (χ0) is 10.8. The molecule has 1 heterocycles. The first-order valence-electron chi connectivity index (χ1n) is 4.74. The lowest BCUT2D eigenvalue weighted by Crippen LogP contribution is -2.21. The molecular weight excluding hydrogens is 242 g/mol. The second kappa shape index (κ2) is 4.30. The average Bonchev–Trinajstić information content (AvgIpc) is 2.00. The van der Waals surface area contributed by atoms with Crippen LogP contribution in [-0.2, 0) is 6.54 Å². The molecule has 14 heavy (non-hydrogen) atoms. The Hall–Kier alpha value is -0.570. The number of hydrogen-bond acceptors (Lipinski definition) is 1. The molecular formula is C11H16BrNO. The fourth-order valence-electron chi connectivity index (χ4n) is 1.12. The zero-order valence-electron chi connectivity index (χ0n) is 8.88. The molecule has 0 radical (unpaired) electrons. The Labute approximate surface area is 93.1 Å². The van der Waals surface area contributed by atoms with Crippen molar-refractivity contribution in [2.24, 2.45) is 5.41 Å². The van der Waals surface area contributed by atoms with E-state index in [0.29, 0.717) is 0 Å². The summed E-state index contributed by atoms with van der Waals surface area (Å²) in [5.74, 6) is 0. The summed E-state index contributed by atoms with van der Waals surface area (Å²) in [7, 11) is 0. The van der Waals surface area contributed by atoms with Gasteiger partial charge in [0.15, 0.2) is 0 Å². The van der Waals surface area contributed by atoms with Gasteiger partial charge in [-0.2, -0.15) is 0 Å². The van der Waals surface area contributed by atoms with Gasteiger partial charge in [0.25, 0.3) is 5.56 Å². The number of nitrogens with zero attached hydrogens (tertiary/aromatic N) is 1. The van der Waals surface area contributed by atoms with Crippen LogP contribution in [0.5, 0.6) is 0 Å². The van der Waals surface area contributed by atoms with E-state index in [1.807, 2.05) is 12.3 Å². The minimum atomic E-state index is 0.0589. The number of aromatic nitrogens is 1. The second-order valence-electron chi connectivity index (χ2n) is 4.69. The van der Waals surface area contributed by atoms with Crippen molar-refractivity contribution in [2.45, 2.75) is 33.7 Å². The first-order valence-corrected chi connectivity index (χ1v) is 5.54. The van der Waals surface area contributed by atoms with Crippen LogP contribution in [0.4, 0.5) is 0 Å². The molecule has 0 bridgehead atoms. The van der Waals surface area contributed by atoms with Crippen LogP contribution in [0.15, 0.2) is 27.6 Å². The third kappa shape index (κ3) is 3.66. The molecule has 78 valence electrons. The largest absolute Gasteiger partial charge is 0.315 e. The van der Waals surface area contributed by atoms with Crippen molar-refractivity contribution in [3.05, 3.63) is 33.2 Å². The lowest BCUT2D eigenvalue weighted by atomic mass is 9.92. The van der Waals surface area contributed by atoms with Gasteiger partial charge in [0.1, 0.15) is 0 Å². The number of aryl methyl sites for hydroxylation is 1. The van der Waals surface area contributed by atoms with E-state index < -0.39 is 0 Å². The minimum Gasteiger partial charge on any atom is -0.315 e. The lowest BCUT2D eigenvalue weighted by Gasteiger charge is -2.18. The van der Waals surface area contributed by atoms with E-state index in [0.717, 1.165) is 17.4 Å². The molecule has 1 rings (SSSR count). The van der Waals surface area contributed by atoms with Gasteiger partial charge in [0.05, 0.1) is 0 Å². The lowest BCUT2D eigenvalue weighted by molar-refractivity contribution is 0.348. The Balaban J connectivity index is 2.74. The Morgan fingerprint density at radius 2 is 2.07 bits per heavy atom. The third-order valence-electron chi connectivity index (χ3n) is 2.06. The summed E-state index contributed by atoms with van der Waals surface area (Å²) in [6.07, 6.45) is 2.84. The fourth-order valence-corrected chi connectivity index (χ4v) is 1.44. The number of rotatable bonds is 2. The van der Waals surface area contributed by atoms with E-state index >= 15 is 0 Å². The number of pyridine rings is 1. The third-order valence-corrected chi connectivity index (χ3v) is 2.55. The normalized spacial score (nSPS) is 11.7. The van der Waals surface area contributed by atoms with Crippen molar-refractivity contribution < 1.29 is 0 Å². The zero-order valence-corrected chi connectivity index (χ0v) is 10.5. The summed E-state index contributed by atoms with van der Waals surface area (Å²) < 4.78 is 2.59. The molecule has 1 aromatic rings. The number of hydrogen-bond donors (Lipinski definition) is 0.